The molecule has 2 aliphatic carbocycles. The Bertz CT molecular complexity index is 229. The molecule has 0 aromatic heterocycles. The summed E-state index contributed by atoms with van der Waals surface area (Å²) in [5, 5.41) is 3.51. The second-order valence-electron chi connectivity index (χ2n) is 6.35. The molecule has 0 saturated heterocycles. The van der Waals surface area contributed by atoms with Gasteiger partial charge in [0, 0.05) is 18.6 Å². The van der Waals surface area contributed by atoms with Crippen molar-refractivity contribution in [1.29, 1.82) is 0 Å². The molecule has 2 fully saturated rings. The molecule has 0 spiro atoms. The van der Waals surface area contributed by atoms with E-state index in [0.717, 1.165) is 23.9 Å². The smallest absolute Gasteiger partial charge is 0.0118 e. The lowest BCUT2D eigenvalue weighted by atomic mass is 9.84. The minimum Gasteiger partial charge on any atom is -0.317 e. The molecule has 4 atom stereocenters. The lowest BCUT2D eigenvalue weighted by Crippen LogP contribution is -2.44. The largest absolute Gasteiger partial charge is 0.317 e. The Labute approximate surface area is 107 Å². The Morgan fingerprint density at radius 3 is 2.53 bits per heavy atom. The molecule has 17 heavy (non-hydrogen) atoms. The van der Waals surface area contributed by atoms with Crippen molar-refractivity contribution >= 4 is 0 Å². The van der Waals surface area contributed by atoms with Crippen molar-refractivity contribution in [2.45, 2.75) is 64.0 Å². The Balaban J connectivity index is 1.84. The van der Waals surface area contributed by atoms with Gasteiger partial charge in [-0.2, -0.15) is 0 Å². The van der Waals surface area contributed by atoms with Crippen LogP contribution in [0.4, 0.5) is 0 Å². The highest BCUT2D eigenvalue weighted by molar-refractivity contribution is 4.87. The van der Waals surface area contributed by atoms with Crippen LogP contribution in [0.15, 0.2) is 0 Å². The van der Waals surface area contributed by atoms with Crippen LogP contribution in [0.3, 0.4) is 0 Å². The molecule has 2 rings (SSSR count). The summed E-state index contributed by atoms with van der Waals surface area (Å²) in [6.45, 7) is 3.76. The fourth-order valence-electron chi connectivity index (χ4n) is 4.09. The van der Waals surface area contributed by atoms with E-state index in [1.165, 1.54) is 51.5 Å². The van der Waals surface area contributed by atoms with E-state index >= 15 is 0 Å². The van der Waals surface area contributed by atoms with Crippen molar-refractivity contribution < 1.29 is 0 Å². The Morgan fingerprint density at radius 2 is 1.82 bits per heavy atom. The zero-order chi connectivity index (χ0) is 12.3. The first-order valence-corrected chi connectivity index (χ1v) is 7.60. The molecule has 0 radical (unpaired) electrons. The van der Waals surface area contributed by atoms with Crippen LogP contribution >= 0.6 is 0 Å². The molecule has 2 aliphatic rings. The molecule has 0 aliphatic heterocycles. The second kappa shape index (κ2) is 6.19. The van der Waals surface area contributed by atoms with E-state index in [9.17, 15) is 0 Å². The summed E-state index contributed by atoms with van der Waals surface area (Å²) in [7, 11) is 4.49. The van der Waals surface area contributed by atoms with Crippen molar-refractivity contribution in [1.82, 2.24) is 10.2 Å². The van der Waals surface area contributed by atoms with Gasteiger partial charge in [0.05, 0.1) is 0 Å². The highest BCUT2D eigenvalue weighted by Crippen LogP contribution is 2.31. The van der Waals surface area contributed by atoms with Gasteiger partial charge >= 0.3 is 0 Å². The quantitative estimate of drug-likeness (QED) is 0.810. The topological polar surface area (TPSA) is 15.3 Å². The molecule has 2 saturated carbocycles. The van der Waals surface area contributed by atoms with Crippen LogP contribution < -0.4 is 5.32 Å². The summed E-state index contributed by atoms with van der Waals surface area (Å²) in [6.07, 6.45) is 9.99. The lowest BCUT2D eigenvalue weighted by Gasteiger charge is -2.38. The van der Waals surface area contributed by atoms with Gasteiger partial charge in [0.25, 0.3) is 0 Å². The molecule has 0 bridgehead atoms. The molecule has 4 unspecified atom stereocenters. The third-order valence-electron chi connectivity index (χ3n) is 5.18. The first-order valence-electron chi connectivity index (χ1n) is 7.60. The molecule has 0 amide bonds. The summed E-state index contributed by atoms with van der Waals surface area (Å²) in [5.74, 6) is 1.79. The van der Waals surface area contributed by atoms with Gasteiger partial charge in [-0.05, 0) is 51.6 Å². The fourth-order valence-corrected chi connectivity index (χ4v) is 4.09. The summed E-state index contributed by atoms with van der Waals surface area (Å²) in [6, 6.07) is 1.62. The monoisotopic (exact) mass is 238 g/mol. The van der Waals surface area contributed by atoms with Crippen molar-refractivity contribution in [2.75, 3.05) is 20.6 Å². The van der Waals surface area contributed by atoms with Crippen molar-refractivity contribution in [3.63, 3.8) is 0 Å². The van der Waals surface area contributed by atoms with Gasteiger partial charge in [0.1, 0.15) is 0 Å². The maximum Gasteiger partial charge on any atom is 0.0118 e. The first-order chi connectivity index (χ1) is 8.22. The van der Waals surface area contributed by atoms with E-state index in [2.05, 4.69) is 31.2 Å². The van der Waals surface area contributed by atoms with Crippen LogP contribution in [0.2, 0.25) is 0 Å². The van der Waals surface area contributed by atoms with Crippen LogP contribution in [-0.2, 0) is 0 Å². The van der Waals surface area contributed by atoms with Gasteiger partial charge in [0.15, 0.2) is 0 Å². The number of hydrogen-bond acceptors (Lipinski definition) is 2. The molecule has 100 valence electrons. The van der Waals surface area contributed by atoms with Crippen molar-refractivity contribution in [3.05, 3.63) is 0 Å². The van der Waals surface area contributed by atoms with E-state index in [4.69, 9.17) is 0 Å². The lowest BCUT2D eigenvalue weighted by molar-refractivity contribution is 0.117. The molecule has 0 heterocycles. The SMILES string of the molecule is CNC1CCCC1CN(C)C1CCCCC1C. The van der Waals surface area contributed by atoms with Gasteiger partial charge in [-0.15, -0.1) is 0 Å². The van der Waals surface area contributed by atoms with Crippen LogP contribution in [0.25, 0.3) is 0 Å². The zero-order valence-corrected chi connectivity index (χ0v) is 11.9. The fraction of sp³-hybridized carbons (Fsp3) is 1.00. The summed E-state index contributed by atoms with van der Waals surface area (Å²) < 4.78 is 0. The molecule has 2 heteroatoms. The molecule has 1 N–H and O–H groups in total. The summed E-state index contributed by atoms with van der Waals surface area (Å²) in [5.41, 5.74) is 0. The molecule has 0 aromatic carbocycles. The van der Waals surface area contributed by atoms with E-state index in [1.807, 2.05) is 0 Å². The predicted octanol–water partition coefficient (Wildman–Crippen LogP) is 2.89. The number of hydrogen-bond donors (Lipinski definition) is 1. The van der Waals surface area contributed by atoms with E-state index in [-0.39, 0.29) is 0 Å². The van der Waals surface area contributed by atoms with Gasteiger partial charge in [-0.1, -0.05) is 26.2 Å². The highest BCUT2D eigenvalue weighted by Gasteiger charge is 2.31. The summed E-state index contributed by atoms with van der Waals surface area (Å²) in [4.78, 5) is 2.67. The Morgan fingerprint density at radius 1 is 1.06 bits per heavy atom. The summed E-state index contributed by atoms with van der Waals surface area (Å²) >= 11 is 0. The minimum absolute atomic E-state index is 0.774. The number of nitrogens with zero attached hydrogens (tertiary/aromatic N) is 1. The predicted molar refractivity (Wildman–Crippen MR) is 74.2 cm³/mol. The van der Waals surface area contributed by atoms with Crippen molar-refractivity contribution in [2.24, 2.45) is 11.8 Å². The standard InChI is InChI=1S/C15H30N2/c1-12-7-4-5-10-15(12)17(3)11-13-8-6-9-14(13)16-2/h12-16H,4-11H2,1-3H3. The van der Waals surface area contributed by atoms with Crippen molar-refractivity contribution in [3.8, 4) is 0 Å². The Kier molecular flexibility index (Phi) is 4.87. The van der Waals surface area contributed by atoms with E-state index in [1.54, 1.807) is 0 Å². The van der Waals surface area contributed by atoms with Crippen LogP contribution in [0, 0.1) is 11.8 Å². The third kappa shape index (κ3) is 3.23. The zero-order valence-electron chi connectivity index (χ0n) is 11.9. The van der Waals surface area contributed by atoms with Crippen LogP contribution in [0.5, 0.6) is 0 Å². The molecule has 0 aromatic rings. The normalized spacial score (nSPS) is 38.8. The Hall–Kier alpha value is -0.0800. The number of rotatable bonds is 4. The average Bonchev–Trinajstić information content (AvgIpc) is 2.76. The number of nitrogens with one attached hydrogen (secondary N) is 1. The van der Waals surface area contributed by atoms with Crippen LogP contribution in [0.1, 0.15) is 51.9 Å². The maximum atomic E-state index is 3.51. The molecular formula is C15H30N2. The van der Waals surface area contributed by atoms with E-state index in [0.29, 0.717) is 0 Å². The van der Waals surface area contributed by atoms with Gasteiger partial charge in [-0.25, -0.2) is 0 Å². The maximum absolute atomic E-state index is 3.51. The molecular weight excluding hydrogens is 208 g/mol. The van der Waals surface area contributed by atoms with E-state index < -0.39 is 0 Å². The first kappa shape index (κ1) is 13.4. The third-order valence-corrected chi connectivity index (χ3v) is 5.18. The average molecular weight is 238 g/mol. The second-order valence-corrected chi connectivity index (χ2v) is 6.35. The van der Waals surface area contributed by atoms with Crippen LogP contribution in [-0.4, -0.2) is 37.6 Å². The van der Waals surface area contributed by atoms with Gasteiger partial charge in [-0.3, -0.25) is 0 Å². The van der Waals surface area contributed by atoms with Gasteiger partial charge < -0.3 is 10.2 Å². The highest BCUT2D eigenvalue weighted by atomic mass is 15.1. The minimum atomic E-state index is 0.774. The molecule has 2 nitrogen and oxygen atoms in total. The van der Waals surface area contributed by atoms with Gasteiger partial charge in [0.2, 0.25) is 0 Å².